The molecular formula is C15H19ClNO3+. The Balaban J connectivity index is 2.03. The first-order valence-electron chi connectivity index (χ1n) is 6.57. The van der Waals surface area contributed by atoms with Gasteiger partial charge in [-0.1, -0.05) is 11.6 Å². The van der Waals surface area contributed by atoms with Gasteiger partial charge in [0.05, 0.1) is 25.0 Å². The molecule has 0 aliphatic heterocycles. The Kier molecular flexibility index (Phi) is 5.32. The van der Waals surface area contributed by atoms with Gasteiger partial charge in [-0.3, -0.25) is 0 Å². The van der Waals surface area contributed by atoms with Gasteiger partial charge in [0.25, 0.3) is 0 Å². The summed E-state index contributed by atoms with van der Waals surface area (Å²) in [5.74, 6) is 2.22. The second kappa shape index (κ2) is 7.22. The number of halogens is 1. The summed E-state index contributed by atoms with van der Waals surface area (Å²) < 4.78 is 16.1. The van der Waals surface area contributed by atoms with Crippen molar-refractivity contribution in [3.63, 3.8) is 0 Å². The van der Waals surface area contributed by atoms with Gasteiger partial charge in [-0.05, 0) is 31.2 Å². The average Bonchev–Trinajstić information content (AvgIpc) is 2.92. The Labute approximate surface area is 123 Å². The zero-order chi connectivity index (χ0) is 14.4. The van der Waals surface area contributed by atoms with E-state index in [2.05, 4.69) is 5.32 Å². The van der Waals surface area contributed by atoms with Gasteiger partial charge in [0.1, 0.15) is 13.1 Å². The van der Waals surface area contributed by atoms with Crippen LogP contribution in [0.1, 0.15) is 18.2 Å². The maximum Gasteiger partial charge on any atom is 0.179 e. The van der Waals surface area contributed by atoms with Crippen molar-refractivity contribution in [2.45, 2.75) is 20.0 Å². The van der Waals surface area contributed by atoms with Crippen molar-refractivity contribution in [3.8, 4) is 11.5 Å². The lowest BCUT2D eigenvalue weighted by Gasteiger charge is -2.12. The molecule has 2 N–H and O–H groups in total. The van der Waals surface area contributed by atoms with Gasteiger partial charge < -0.3 is 19.2 Å². The smallest absolute Gasteiger partial charge is 0.179 e. The summed E-state index contributed by atoms with van der Waals surface area (Å²) in [5, 5.41) is 2.71. The van der Waals surface area contributed by atoms with E-state index >= 15 is 0 Å². The van der Waals surface area contributed by atoms with Crippen LogP contribution in [0.3, 0.4) is 0 Å². The summed E-state index contributed by atoms with van der Waals surface area (Å²) in [6.45, 7) is 4.10. The molecule has 0 fully saturated rings. The quantitative estimate of drug-likeness (QED) is 0.854. The van der Waals surface area contributed by atoms with Gasteiger partial charge in [0.15, 0.2) is 17.3 Å². The fourth-order valence-corrected chi connectivity index (χ4v) is 2.32. The van der Waals surface area contributed by atoms with Crippen LogP contribution in [0, 0.1) is 0 Å². The molecule has 0 saturated carbocycles. The molecule has 0 aliphatic carbocycles. The molecule has 5 heteroatoms. The maximum absolute atomic E-state index is 6.21. The Hall–Kier alpha value is -1.65. The van der Waals surface area contributed by atoms with Gasteiger partial charge in [0.2, 0.25) is 0 Å². The lowest BCUT2D eigenvalue weighted by Crippen LogP contribution is -2.80. The maximum atomic E-state index is 6.21. The third-order valence-electron chi connectivity index (χ3n) is 2.88. The number of hydrogen-bond acceptors (Lipinski definition) is 3. The molecule has 0 spiro atoms. The SMILES string of the molecule is CCOc1cc(C[NH2+]Cc2ccco2)cc(Cl)c1OC. The fourth-order valence-electron chi connectivity index (χ4n) is 2.01. The van der Waals surface area contributed by atoms with E-state index in [-0.39, 0.29) is 0 Å². The number of ether oxygens (including phenoxy) is 2. The average molecular weight is 297 g/mol. The highest BCUT2D eigenvalue weighted by molar-refractivity contribution is 6.32. The Bertz CT molecular complexity index is 540. The highest BCUT2D eigenvalue weighted by atomic mass is 35.5. The third-order valence-corrected chi connectivity index (χ3v) is 3.16. The van der Waals surface area contributed by atoms with Crippen molar-refractivity contribution in [1.82, 2.24) is 0 Å². The first-order valence-corrected chi connectivity index (χ1v) is 6.95. The standard InChI is InChI=1S/C15H18ClNO3/c1-3-19-14-8-11(7-13(16)15(14)18-2)9-17-10-12-5-4-6-20-12/h4-8,17H,3,9-10H2,1-2H3/p+1. The predicted octanol–water partition coefficient (Wildman–Crippen LogP) is 2.60. The predicted molar refractivity (Wildman–Crippen MR) is 77.2 cm³/mol. The molecule has 1 heterocycles. The molecule has 0 bridgehead atoms. The van der Waals surface area contributed by atoms with E-state index in [1.807, 2.05) is 31.2 Å². The minimum Gasteiger partial charge on any atom is -0.491 e. The molecule has 1 aromatic carbocycles. The van der Waals surface area contributed by atoms with Crippen LogP contribution in [0.5, 0.6) is 11.5 Å². The largest absolute Gasteiger partial charge is 0.491 e. The fraction of sp³-hybridized carbons (Fsp3) is 0.333. The number of furan rings is 1. The van der Waals surface area contributed by atoms with Crippen molar-refractivity contribution in [2.24, 2.45) is 0 Å². The highest BCUT2D eigenvalue weighted by Gasteiger charge is 2.12. The lowest BCUT2D eigenvalue weighted by molar-refractivity contribution is -0.688. The molecule has 0 aliphatic rings. The first kappa shape index (κ1) is 14.8. The van der Waals surface area contributed by atoms with Crippen LogP contribution in [-0.4, -0.2) is 13.7 Å². The van der Waals surface area contributed by atoms with E-state index in [0.717, 1.165) is 24.4 Å². The van der Waals surface area contributed by atoms with E-state index in [1.165, 1.54) is 0 Å². The second-order valence-corrected chi connectivity index (χ2v) is 4.73. The molecule has 108 valence electrons. The third kappa shape index (κ3) is 3.68. The van der Waals surface area contributed by atoms with Crippen LogP contribution in [-0.2, 0) is 13.1 Å². The number of quaternary nitrogens is 1. The Morgan fingerprint density at radius 2 is 2.15 bits per heavy atom. The first-order chi connectivity index (χ1) is 9.74. The zero-order valence-electron chi connectivity index (χ0n) is 11.7. The number of hydrogen-bond donors (Lipinski definition) is 1. The van der Waals surface area contributed by atoms with Gasteiger partial charge in [-0.15, -0.1) is 0 Å². The Morgan fingerprint density at radius 1 is 1.30 bits per heavy atom. The lowest BCUT2D eigenvalue weighted by atomic mass is 10.2. The van der Waals surface area contributed by atoms with E-state index in [1.54, 1.807) is 13.4 Å². The van der Waals surface area contributed by atoms with E-state index < -0.39 is 0 Å². The van der Waals surface area contributed by atoms with Crippen LogP contribution in [0.25, 0.3) is 0 Å². The van der Waals surface area contributed by atoms with Crippen molar-refractivity contribution in [1.29, 1.82) is 0 Å². The van der Waals surface area contributed by atoms with Gasteiger partial charge >= 0.3 is 0 Å². The van der Waals surface area contributed by atoms with Gasteiger partial charge in [0, 0.05) is 5.56 Å². The molecule has 1 aromatic heterocycles. The zero-order valence-corrected chi connectivity index (χ0v) is 12.4. The van der Waals surface area contributed by atoms with Gasteiger partial charge in [-0.25, -0.2) is 0 Å². The molecule has 0 atom stereocenters. The van der Waals surface area contributed by atoms with Crippen molar-refractivity contribution in [2.75, 3.05) is 13.7 Å². The van der Waals surface area contributed by atoms with Crippen molar-refractivity contribution >= 4 is 11.6 Å². The van der Waals surface area contributed by atoms with Crippen molar-refractivity contribution in [3.05, 3.63) is 46.9 Å². The molecule has 0 amide bonds. The monoisotopic (exact) mass is 296 g/mol. The van der Waals surface area contributed by atoms with Crippen LogP contribution in [0.15, 0.2) is 34.9 Å². The molecule has 4 nitrogen and oxygen atoms in total. The molecule has 2 rings (SSSR count). The summed E-state index contributed by atoms with van der Waals surface area (Å²) in [6.07, 6.45) is 1.68. The molecule has 2 aromatic rings. The van der Waals surface area contributed by atoms with Gasteiger partial charge in [-0.2, -0.15) is 0 Å². The minimum absolute atomic E-state index is 0.569. The van der Waals surface area contributed by atoms with Crippen LogP contribution < -0.4 is 14.8 Å². The number of nitrogens with two attached hydrogens (primary N) is 1. The number of methoxy groups -OCH3 is 1. The number of rotatable bonds is 7. The van der Waals surface area contributed by atoms with Crippen LogP contribution in [0.4, 0.5) is 0 Å². The van der Waals surface area contributed by atoms with Crippen LogP contribution in [0.2, 0.25) is 5.02 Å². The summed E-state index contributed by atoms with van der Waals surface area (Å²) >= 11 is 6.21. The second-order valence-electron chi connectivity index (χ2n) is 4.32. The van der Waals surface area contributed by atoms with E-state index in [0.29, 0.717) is 23.1 Å². The summed E-state index contributed by atoms with van der Waals surface area (Å²) in [4.78, 5) is 0. The topological polar surface area (TPSA) is 48.2 Å². The molecule has 0 unspecified atom stereocenters. The highest BCUT2D eigenvalue weighted by Crippen LogP contribution is 2.36. The molecule has 0 saturated heterocycles. The summed E-state index contributed by atoms with van der Waals surface area (Å²) in [5.41, 5.74) is 1.09. The molecular weight excluding hydrogens is 278 g/mol. The van der Waals surface area contributed by atoms with Crippen LogP contribution >= 0.6 is 11.6 Å². The molecule has 20 heavy (non-hydrogen) atoms. The number of benzene rings is 1. The minimum atomic E-state index is 0.569. The summed E-state index contributed by atoms with van der Waals surface area (Å²) in [7, 11) is 1.59. The summed E-state index contributed by atoms with van der Waals surface area (Å²) in [6, 6.07) is 7.72. The van der Waals surface area contributed by atoms with E-state index in [9.17, 15) is 0 Å². The van der Waals surface area contributed by atoms with E-state index in [4.69, 9.17) is 25.5 Å². The molecule has 0 radical (unpaired) electrons. The normalized spacial score (nSPS) is 10.6. The van der Waals surface area contributed by atoms with Crippen molar-refractivity contribution < 1.29 is 19.2 Å². The Morgan fingerprint density at radius 3 is 2.80 bits per heavy atom.